The van der Waals surface area contributed by atoms with E-state index >= 15 is 0 Å². The van der Waals surface area contributed by atoms with E-state index in [1.807, 2.05) is 11.4 Å². The number of unbranched alkanes of at least 4 members (excludes halogenated alkanes) is 1. The lowest BCUT2D eigenvalue weighted by atomic mass is 10.4. The highest BCUT2D eigenvalue weighted by molar-refractivity contribution is 6.84. The van der Waals surface area contributed by atoms with Crippen molar-refractivity contribution in [1.82, 2.24) is 0 Å². The minimum atomic E-state index is -1.83. The van der Waals surface area contributed by atoms with Crippen LogP contribution in [0.5, 0.6) is 0 Å². The highest BCUT2D eigenvalue weighted by atomic mass is 28.4. The predicted molar refractivity (Wildman–Crippen MR) is 62.1 cm³/mol. The standard InChI is InChI=1S/C11H22OSi/c1-6-9-10-12-13(7-2,8-3)11(4)5/h7-8,11H,2-3,6,9-10H2,1,4-5H3. The van der Waals surface area contributed by atoms with Gasteiger partial charge in [0.15, 0.2) is 0 Å². The molecule has 0 radical (unpaired) electrons. The molecule has 0 aromatic heterocycles. The van der Waals surface area contributed by atoms with Gasteiger partial charge in [0.2, 0.25) is 8.32 Å². The van der Waals surface area contributed by atoms with Crippen molar-refractivity contribution in [3.05, 3.63) is 24.6 Å². The number of rotatable bonds is 7. The van der Waals surface area contributed by atoms with Crippen molar-refractivity contribution in [2.24, 2.45) is 0 Å². The van der Waals surface area contributed by atoms with E-state index in [2.05, 4.69) is 33.9 Å². The van der Waals surface area contributed by atoms with Crippen LogP contribution < -0.4 is 0 Å². The molecule has 0 aromatic carbocycles. The van der Waals surface area contributed by atoms with Crippen molar-refractivity contribution in [2.75, 3.05) is 6.61 Å². The van der Waals surface area contributed by atoms with Gasteiger partial charge in [0.05, 0.1) is 0 Å². The van der Waals surface area contributed by atoms with Gasteiger partial charge in [-0.05, 0) is 12.0 Å². The second kappa shape index (κ2) is 6.16. The fraction of sp³-hybridized carbons (Fsp3) is 0.636. The Morgan fingerprint density at radius 1 is 1.31 bits per heavy atom. The lowest BCUT2D eigenvalue weighted by Gasteiger charge is -2.28. The second-order valence-electron chi connectivity index (χ2n) is 3.62. The molecule has 0 rings (SSSR count). The summed E-state index contributed by atoms with van der Waals surface area (Å²) in [6, 6.07) is 0. The Morgan fingerprint density at radius 3 is 2.15 bits per heavy atom. The first-order chi connectivity index (χ1) is 6.13. The van der Waals surface area contributed by atoms with Crippen LogP contribution in [0.3, 0.4) is 0 Å². The summed E-state index contributed by atoms with van der Waals surface area (Å²) in [5.74, 6) is 0. The molecular weight excluding hydrogens is 176 g/mol. The minimum Gasteiger partial charge on any atom is -0.409 e. The monoisotopic (exact) mass is 198 g/mol. The molecular formula is C11H22OSi. The van der Waals surface area contributed by atoms with E-state index in [9.17, 15) is 0 Å². The Kier molecular flexibility index (Phi) is 6.00. The zero-order valence-corrected chi connectivity index (χ0v) is 10.2. The van der Waals surface area contributed by atoms with Crippen LogP contribution in [0.1, 0.15) is 33.6 Å². The lowest BCUT2D eigenvalue weighted by Crippen LogP contribution is -2.38. The lowest BCUT2D eigenvalue weighted by molar-refractivity contribution is 0.300. The Hall–Kier alpha value is -0.343. The quantitative estimate of drug-likeness (QED) is 0.448. The maximum Gasteiger partial charge on any atom is 0.242 e. The highest BCUT2D eigenvalue weighted by Crippen LogP contribution is 2.24. The molecule has 0 heterocycles. The zero-order valence-electron chi connectivity index (χ0n) is 9.18. The van der Waals surface area contributed by atoms with E-state index in [1.54, 1.807) is 0 Å². The van der Waals surface area contributed by atoms with Crippen LogP contribution in [0.25, 0.3) is 0 Å². The molecule has 76 valence electrons. The van der Waals surface area contributed by atoms with Crippen LogP contribution in [0.15, 0.2) is 24.6 Å². The molecule has 0 aliphatic rings. The molecule has 0 atom stereocenters. The first-order valence-electron chi connectivity index (χ1n) is 5.04. The molecule has 0 unspecified atom stereocenters. The summed E-state index contributed by atoms with van der Waals surface area (Å²) >= 11 is 0. The first kappa shape index (κ1) is 12.7. The van der Waals surface area contributed by atoms with Crippen LogP contribution in [0, 0.1) is 0 Å². The van der Waals surface area contributed by atoms with E-state index in [0.717, 1.165) is 13.0 Å². The Labute approximate surface area is 83.6 Å². The Balaban J connectivity index is 4.22. The van der Waals surface area contributed by atoms with Gasteiger partial charge in [-0.1, -0.05) is 38.6 Å². The van der Waals surface area contributed by atoms with Gasteiger partial charge in [-0.15, -0.1) is 13.2 Å². The molecule has 0 saturated heterocycles. The number of hydrogen-bond acceptors (Lipinski definition) is 1. The topological polar surface area (TPSA) is 9.23 Å². The van der Waals surface area contributed by atoms with Gasteiger partial charge in [-0.3, -0.25) is 0 Å². The van der Waals surface area contributed by atoms with Gasteiger partial charge in [-0.2, -0.15) is 0 Å². The van der Waals surface area contributed by atoms with Gasteiger partial charge in [-0.25, -0.2) is 0 Å². The molecule has 13 heavy (non-hydrogen) atoms. The molecule has 0 fully saturated rings. The third kappa shape index (κ3) is 3.49. The van der Waals surface area contributed by atoms with E-state index in [0.29, 0.717) is 5.54 Å². The fourth-order valence-electron chi connectivity index (χ4n) is 1.23. The maximum atomic E-state index is 5.93. The SMILES string of the molecule is C=C[Si](C=C)(OCCCC)C(C)C. The summed E-state index contributed by atoms with van der Waals surface area (Å²) < 4.78 is 5.93. The summed E-state index contributed by atoms with van der Waals surface area (Å²) in [6.07, 6.45) is 2.31. The van der Waals surface area contributed by atoms with Gasteiger partial charge in [0, 0.05) is 6.61 Å². The summed E-state index contributed by atoms with van der Waals surface area (Å²) in [6.45, 7) is 15.1. The van der Waals surface area contributed by atoms with Crippen molar-refractivity contribution < 1.29 is 4.43 Å². The average Bonchev–Trinajstić information content (AvgIpc) is 2.13. The van der Waals surface area contributed by atoms with Crippen LogP contribution in [-0.4, -0.2) is 14.9 Å². The summed E-state index contributed by atoms with van der Waals surface area (Å²) in [5.41, 5.74) is 4.50. The van der Waals surface area contributed by atoms with Gasteiger partial charge < -0.3 is 4.43 Å². The maximum absolute atomic E-state index is 5.93. The van der Waals surface area contributed by atoms with E-state index in [-0.39, 0.29) is 0 Å². The first-order valence-corrected chi connectivity index (χ1v) is 7.18. The van der Waals surface area contributed by atoms with Gasteiger partial charge in [0.1, 0.15) is 0 Å². The van der Waals surface area contributed by atoms with E-state index in [4.69, 9.17) is 4.43 Å². The fourth-order valence-corrected chi connectivity index (χ4v) is 3.41. The Morgan fingerprint density at radius 2 is 1.85 bits per heavy atom. The minimum absolute atomic E-state index is 0.527. The third-order valence-corrected chi connectivity index (χ3v) is 6.18. The summed E-state index contributed by atoms with van der Waals surface area (Å²) in [4.78, 5) is 0. The predicted octanol–water partition coefficient (Wildman–Crippen LogP) is 3.61. The van der Waals surface area contributed by atoms with E-state index < -0.39 is 8.32 Å². The molecule has 1 nitrogen and oxygen atoms in total. The van der Waals surface area contributed by atoms with Crippen molar-refractivity contribution >= 4 is 8.32 Å². The average molecular weight is 198 g/mol. The van der Waals surface area contributed by atoms with Crippen molar-refractivity contribution in [3.63, 3.8) is 0 Å². The van der Waals surface area contributed by atoms with Crippen LogP contribution in [0.2, 0.25) is 5.54 Å². The third-order valence-electron chi connectivity index (χ3n) is 2.39. The van der Waals surface area contributed by atoms with Crippen molar-refractivity contribution in [3.8, 4) is 0 Å². The number of hydrogen-bond donors (Lipinski definition) is 0. The molecule has 0 spiro atoms. The normalized spacial score (nSPS) is 11.7. The molecule has 0 aliphatic carbocycles. The molecule has 0 bridgehead atoms. The Bertz CT molecular complexity index is 155. The molecule has 0 N–H and O–H groups in total. The van der Waals surface area contributed by atoms with E-state index in [1.165, 1.54) is 6.42 Å². The molecule has 2 heteroatoms. The molecule has 0 saturated carbocycles. The van der Waals surface area contributed by atoms with Crippen molar-refractivity contribution in [1.29, 1.82) is 0 Å². The molecule has 0 amide bonds. The van der Waals surface area contributed by atoms with Crippen LogP contribution in [0.4, 0.5) is 0 Å². The summed E-state index contributed by atoms with van der Waals surface area (Å²) in [5, 5.41) is 0. The van der Waals surface area contributed by atoms with Crippen LogP contribution in [-0.2, 0) is 4.43 Å². The van der Waals surface area contributed by atoms with Gasteiger partial charge >= 0.3 is 0 Å². The largest absolute Gasteiger partial charge is 0.409 e. The molecule has 0 aliphatic heterocycles. The highest BCUT2D eigenvalue weighted by Gasteiger charge is 2.31. The second-order valence-corrected chi connectivity index (χ2v) is 7.59. The van der Waals surface area contributed by atoms with Gasteiger partial charge in [0.25, 0.3) is 0 Å². The molecule has 0 aromatic rings. The zero-order chi connectivity index (χ0) is 10.3. The van der Waals surface area contributed by atoms with Crippen LogP contribution >= 0.6 is 0 Å². The summed E-state index contributed by atoms with van der Waals surface area (Å²) in [7, 11) is -1.83. The van der Waals surface area contributed by atoms with Crippen molar-refractivity contribution in [2.45, 2.75) is 39.2 Å². The smallest absolute Gasteiger partial charge is 0.242 e.